The van der Waals surface area contributed by atoms with Gasteiger partial charge in [-0.3, -0.25) is 9.78 Å². The molecule has 0 aromatic carbocycles. The lowest BCUT2D eigenvalue weighted by atomic mass is 10.3. The number of carbonyl (C=O) groups excluding carboxylic acids is 1. The van der Waals surface area contributed by atoms with Crippen molar-refractivity contribution >= 4 is 5.91 Å². The average Bonchev–Trinajstić information content (AvgIpc) is 3.28. The van der Waals surface area contributed by atoms with Crippen molar-refractivity contribution in [3.63, 3.8) is 0 Å². The summed E-state index contributed by atoms with van der Waals surface area (Å²) in [7, 11) is 1.60. The molecule has 6 heteroatoms. The molecule has 1 amide bonds. The number of nitrogens with one attached hydrogen (secondary N) is 2. The normalized spacial score (nSPS) is 14.0. The van der Waals surface area contributed by atoms with E-state index in [1.54, 1.807) is 7.11 Å². The van der Waals surface area contributed by atoms with Crippen LogP contribution in [0.3, 0.4) is 0 Å². The van der Waals surface area contributed by atoms with Gasteiger partial charge in [0.05, 0.1) is 12.3 Å². The number of rotatable bonds is 9. The zero-order chi connectivity index (χ0) is 15.1. The van der Waals surface area contributed by atoms with Crippen LogP contribution in [-0.4, -0.2) is 43.8 Å². The fourth-order valence-electron chi connectivity index (χ4n) is 1.87. The number of ether oxygens (including phenoxy) is 2. The molecule has 1 heterocycles. The van der Waals surface area contributed by atoms with Gasteiger partial charge in [0.15, 0.2) is 6.61 Å². The van der Waals surface area contributed by atoms with Crippen molar-refractivity contribution in [2.24, 2.45) is 0 Å². The molecule has 0 saturated heterocycles. The van der Waals surface area contributed by atoms with Crippen LogP contribution < -0.4 is 15.4 Å². The maximum absolute atomic E-state index is 11.6. The molecule has 1 aromatic rings. The Morgan fingerprint density at radius 1 is 1.43 bits per heavy atom. The molecule has 21 heavy (non-hydrogen) atoms. The van der Waals surface area contributed by atoms with Crippen molar-refractivity contribution in [2.75, 3.05) is 26.9 Å². The molecule has 0 spiro atoms. The van der Waals surface area contributed by atoms with Gasteiger partial charge in [-0.15, -0.1) is 0 Å². The molecule has 0 aliphatic heterocycles. The monoisotopic (exact) mass is 293 g/mol. The molecule has 2 N–H and O–H groups in total. The highest BCUT2D eigenvalue weighted by Gasteiger charge is 2.21. The Balaban J connectivity index is 1.84. The smallest absolute Gasteiger partial charge is 0.258 e. The number of hydrogen-bond acceptors (Lipinski definition) is 5. The van der Waals surface area contributed by atoms with Gasteiger partial charge in [0, 0.05) is 31.9 Å². The van der Waals surface area contributed by atoms with Crippen LogP contribution in [0.2, 0.25) is 0 Å². The van der Waals surface area contributed by atoms with Gasteiger partial charge in [0.25, 0.3) is 5.91 Å². The number of hydrogen-bond donors (Lipinski definition) is 2. The molecule has 0 atom stereocenters. The molecule has 1 aromatic heterocycles. The van der Waals surface area contributed by atoms with Crippen LogP contribution in [0.4, 0.5) is 0 Å². The molecule has 116 valence electrons. The highest BCUT2D eigenvalue weighted by Crippen LogP contribution is 2.22. The number of amides is 1. The van der Waals surface area contributed by atoms with Crippen molar-refractivity contribution in [3.8, 4) is 5.75 Å². The van der Waals surface area contributed by atoms with Gasteiger partial charge in [0.2, 0.25) is 0 Å². The summed E-state index contributed by atoms with van der Waals surface area (Å²) in [5.74, 6) is 0.504. The van der Waals surface area contributed by atoms with Crippen LogP contribution in [0.15, 0.2) is 12.1 Å². The lowest BCUT2D eigenvalue weighted by Crippen LogP contribution is -2.31. The zero-order valence-corrected chi connectivity index (χ0v) is 12.6. The van der Waals surface area contributed by atoms with Gasteiger partial charge in [0.1, 0.15) is 5.75 Å². The molecular formula is C15H23N3O3. The number of carbonyl (C=O) groups is 1. The number of nitrogens with zero attached hydrogens (tertiary/aromatic N) is 1. The molecule has 2 rings (SSSR count). The molecule has 0 unspecified atom stereocenters. The summed E-state index contributed by atoms with van der Waals surface area (Å²) in [5, 5.41) is 6.13. The Bertz CT molecular complexity index is 475. The van der Waals surface area contributed by atoms with Crippen LogP contribution in [0.5, 0.6) is 5.75 Å². The maximum atomic E-state index is 11.6. The first-order valence-corrected chi connectivity index (χ1v) is 7.27. The molecular weight excluding hydrogens is 270 g/mol. The van der Waals surface area contributed by atoms with Gasteiger partial charge in [-0.2, -0.15) is 0 Å². The predicted octanol–water partition coefficient (Wildman–Crippen LogP) is 0.783. The zero-order valence-electron chi connectivity index (χ0n) is 12.6. The van der Waals surface area contributed by atoms with Crippen molar-refractivity contribution < 1.29 is 14.3 Å². The Morgan fingerprint density at radius 2 is 2.24 bits per heavy atom. The summed E-state index contributed by atoms with van der Waals surface area (Å²) in [6.07, 6.45) is 2.45. The van der Waals surface area contributed by atoms with E-state index in [9.17, 15) is 4.79 Å². The fraction of sp³-hybridized carbons (Fsp3) is 0.600. The summed E-state index contributed by atoms with van der Waals surface area (Å²) in [6.45, 7) is 3.59. The Morgan fingerprint density at radius 3 is 2.95 bits per heavy atom. The van der Waals surface area contributed by atoms with Crippen LogP contribution >= 0.6 is 0 Å². The third-order valence-electron chi connectivity index (χ3n) is 3.19. The third kappa shape index (κ3) is 5.69. The van der Waals surface area contributed by atoms with Crippen LogP contribution in [-0.2, 0) is 16.1 Å². The van der Waals surface area contributed by atoms with Crippen LogP contribution in [0.25, 0.3) is 0 Å². The lowest BCUT2D eigenvalue weighted by Gasteiger charge is -2.12. The average molecular weight is 293 g/mol. The SMILES string of the molecule is COCCNC(=O)COc1ccc(C)nc1CNC1CC1. The standard InChI is InChI=1S/C15H23N3O3/c1-11-3-6-14(13(18-11)9-17-12-4-5-12)21-10-15(19)16-7-8-20-2/h3,6,12,17H,4-5,7-10H2,1-2H3,(H,16,19). The van der Waals surface area contributed by atoms with Gasteiger partial charge < -0.3 is 20.1 Å². The summed E-state index contributed by atoms with van der Waals surface area (Å²) >= 11 is 0. The lowest BCUT2D eigenvalue weighted by molar-refractivity contribution is -0.123. The van der Waals surface area contributed by atoms with E-state index in [4.69, 9.17) is 9.47 Å². The van der Waals surface area contributed by atoms with Crippen LogP contribution in [0.1, 0.15) is 24.2 Å². The molecule has 1 saturated carbocycles. The summed E-state index contributed by atoms with van der Waals surface area (Å²) in [4.78, 5) is 16.1. The minimum Gasteiger partial charge on any atom is -0.482 e. The Kier molecular flexibility index (Phi) is 5.95. The van der Waals surface area contributed by atoms with E-state index in [0.29, 0.717) is 31.5 Å². The van der Waals surface area contributed by atoms with E-state index in [0.717, 1.165) is 11.4 Å². The minimum absolute atomic E-state index is 0.00904. The summed E-state index contributed by atoms with van der Waals surface area (Å²) in [5.41, 5.74) is 1.80. The predicted molar refractivity (Wildman–Crippen MR) is 79.2 cm³/mol. The van der Waals surface area contributed by atoms with Crippen LogP contribution in [0, 0.1) is 6.92 Å². The van der Waals surface area contributed by atoms with Gasteiger partial charge in [-0.1, -0.05) is 0 Å². The van der Waals surface area contributed by atoms with Crippen molar-refractivity contribution in [3.05, 3.63) is 23.5 Å². The van der Waals surface area contributed by atoms with E-state index in [-0.39, 0.29) is 12.5 Å². The third-order valence-corrected chi connectivity index (χ3v) is 3.19. The van der Waals surface area contributed by atoms with Crippen molar-refractivity contribution in [1.82, 2.24) is 15.6 Å². The number of aromatic nitrogens is 1. The Hall–Kier alpha value is -1.66. The second kappa shape index (κ2) is 7.95. The first-order chi connectivity index (χ1) is 10.2. The van der Waals surface area contributed by atoms with Crippen molar-refractivity contribution in [1.29, 1.82) is 0 Å². The molecule has 1 aliphatic carbocycles. The highest BCUT2D eigenvalue weighted by molar-refractivity contribution is 5.77. The minimum atomic E-state index is -0.159. The largest absolute Gasteiger partial charge is 0.482 e. The molecule has 1 fully saturated rings. The molecule has 1 aliphatic rings. The topological polar surface area (TPSA) is 72.5 Å². The summed E-state index contributed by atoms with van der Waals surface area (Å²) < 4.78 is 10.5. The first kappa shape index (κ1) is 15.7. The van der Waals surface area contributed by atoms with Gasteiger partial charge in [-0.05, 0) is 31.9 Å². The second-order valence-corrected chi connectivity index (χ2v) is 5.18. The quantitative estimate of drug-likeness (QED) is 0.658. The fourth-order valence-corrected chi connectivity index (χ4v) is 1.87. The van der Waals surface area contributed by atoms with E-state index in [2.05, 4.69) is 15.6 Å². The number of methoxy groups -OCH3 is 1. The molecule has 0 bridgehead atoms. The van der Waals surface area contributed by atoms with Crippen molar-refractivity contribution in [2.45, 2.75) is 32.4 Å². The summed E-state index contributed by atoms with van der Waals surface area (Å²) in [6, 6.07) is 4.37. The maximum Gasteiger partial charge on any atom is 0.258 e. The molecule has 0 radical (unpaired) electrons. The van der Waals surface area contributed by atoms with Gasteiger partial charge in [-0.25, -0.2) is 0 Å². The Labute approximate surface area is 125 Å². The number of aryl methyl sites for hydroxylation is 1. The van der Waals surface area contributed by atoms with E-state index in [1.807, 2.05) is 19.1 Å². The first-order valence-electron chi connectivity index (χ1n) is 7.27. The molecule has 6 nitrogen and oxygen atoms in total. The van der Waals surface area contributed by atoms with E-state index >= 15 is 0 Å². The number of pyridine rings is 1. The van der Waals surface area contributed by atoms with Gasteiger partial charge >= 0.3 is 0 Å². The van der Waals surface area contributed by atoms with E-state index < -0.39 is 0 Å². The van der Waals surface area contributed by atoms with E-state index in [1.165, 1.54) is 12.8 Å². The second-order valence-electron chi connectivity index (χ2n) is 5.18. The highest BCUT2D eigenvalue weighted by atomic mass is 16.5.